The first-order chi connectivity index (χ1) is 14.1. The Hall–Kier alpha value is -2.67. The molecule has 1 aliphatic carbocycles. The quantitative estimate of drug-likeness (QED) is 0.717. The Morgan fingerprint density at radius 2 is 1.76 bits per heavy atom. The van der Waals surface area contributed by atoms with Crippen LogP contribution < -0.4 is 16.0 Å². The summed E-state index contributed by atoms with van der Waals surface area (Å²) in [5, 5.41) is 12.9. The Balaban J connectivity index is 1.52. The minimum Gasteiger partial charge on any atom is -0.393 e. The minimum atomic E-state index is -0.595. The summed E-state index contributed by atoms with van der Waals surface area (Å²) in [6, 6.07) is 8.22. The number of nitrogens with zero attached hydrogens (tertiary/aromatic N) is 3. The van der Waals surface area contributed by atoms with E-state index < -0.39 is 5.91 Å². The Bertz CT molecular complexity index is 841. The average molecular weight is 396 g/mol. The largest absolute Gasteiger partial charge is 0.393 e. The summed E-state index contributed by atoms with van der Waals surface area (Å²) in [4.78, 5) is 23.0. The second-order valence-electron chi connectivity index (χ2n) is 8.09. The maximum atomic E-state index is 11.8. The van der Waals surface area contributed by atoms with Crippen molar-refractivity contribution in [2.24, 2.45) is 5.73 Å². The minimum absolute atomic E-state index is 0.148. The number of carbonyl (C=O) groups excluding carboxylic acids is 1. The zero-order valence-corrected chi connectivity index (χ0v) is 16.7. The third-order valence-corrected chi connectivity index (χ3v) is 6.01. The van der Waals surface area contributed by atoms with Gasteiger partial charge in [0.25, 0.3) is 5.91 Å². The topological polar surface area (TPSA) is 104 Å². The van der Waals surface area contributed by atoms with Crippen LogP contribution in [0.1, 0.15) is 66.9 Å². The van der Waals surface area contributed by atoms with Crippen molar-refractivity contribution in [3.05, 3.63) is 41.7 Å². The van der Waals surface area contributed by atoms with Crippen molar-refractivity contribution in [2.75, 3.05) is 23.3 Å². The van der Waals surface area contributed by atoms with E-state index in [1.807, 2.05) is 12.1 Å². The number of aliphatic hydroxyl groups is 1. The number of piperidine rings is 1. The average Bonchev–Trinajstić information content (AvgIpc) is 2.75. The standard InChI is InChI=1S/C22H29N5O2/c23-21(29)20-22(26-19(14-24-20)27-12-2-1-3-13-27)25-17-8-4-15(5-9-17)16-6-10-18(28)11-7-16/h4-5,8-9,14,16,18,28H,1-3,6-7,10-13H2,(H2,23,29)(H,25,26). The molecule has 0 radical (unpaired) electrons. The maximum Gasteiger partial charge on any atom is 0.271 e. The van der Waals surface area contributed by atoms with Gasteiger partial charge in [0.05, 0.1) is 12.3 Å². The number of hydrogen-bond acceptors (Lipinski definition) is 6. The molecule has 1 amide bonds. The summed E-state index contributed by atoms with van der Waals surface area (Å²) in [7, 11) is 0. The number of aromatic nitrogens is 2. The summed E-state index contributed by atoms with van der Waals surface area (Å²) in [5.74, 6) is 1.07. The molecule has 1 aromatic heterocycles. The van der Waals surface area contributed by atoms with Gasteiger partial charge in [0.1, 0.15) is 5.82 Å². The fourth-order valence-corrected chi connectivity index (χ4v) is 4.31. The number of benzene rings is 1. The first-order valence-electron chi connectivity index (χ1n) is 10.6. The van der Waals surface area contributed by atoms with E-state index in [1.54, 1.807) is 6.20 Å². The van der Waals surface area contributed by atoms with Crippen LogP contribution in [-0.2, 0) is 0 Å². The summed E-state index contributed by atoms with van der Waals surface area (Å²) in [5.41, 5.74) is 7.79. The molecule has 7 nitrogen and oxygen atoms in total. The van der Waals surface area contributed by atoms with Gasteiger partial charge in [-0.15, -0.1) is 0 Å². The highest BCUT2D eigenvalue weighted by atomic mass is 16.3. The van der Waals surface area contributed by atoms with Crippen LogP contribution in [0.5, 0.6) is 0 Å². The lowest BCUT2D eigenvalue weighted by Crippen LogP contribution is -2.31. The molecule has 4 rings (SSSR count). The summed E-state index contributed by atoms with van der Waals surface area (Å²) in [6.45, 7) is 1.91. The number of aliphatic hydroxyl groups excluding tert-OH is 1. The fraction of sp³-hybridized carbons (Fsp3) is 0.500. The Labute approximate surface area is 171 Å². The molecule has 2 heterocycles. The van der Waals surface area contributed by atoms with Crippen molar-refractivity contribution >= 4 is 23.2 Å². The second-order valence-corrected chi connectivity index (χ2v) is 8.09. The van der Waals surface area contributed by atoms with E-state index in [9.17, 15) is 9.90 Å². The first-order valence-corrected chi connectivity index (χ1v) is 10.6. The first kappa shape index (κ1) is 19.6. The second kappa shape index (κ2) is 8.78. The molecular formula is C22H29N5O2. The van der Waals surface area contributed by atoms with E-state index in [0.717, 1.165) is 63.1 Å². The SMILES string of the molecule is NC(=O)c1ncc(N2CCCCC2)nc1Nc1ccc(C2CCC(O)CC2)cc1. The molecule has 4 N–H and O–H groups in total. The lowest BCUT2D eigenvalue weighted by atomic mass is 9.83. The molecule has 1 saturated heterocycles. The molecule has 0 atom stereocenters. The van der Waals surface area contributed by atoms with Gasteiger partial charge in [-0.25, -0.2) is 9.97 Å². The lowest BCUT2D eigenvalue weighted by molar-refractivity contribution is 0.0996. The summed E-state index contributed by atoms with van der Waals surface area (Å²) < 4.78 is 0. The van der Waals surface area contributed by atoms with Crippen molar-refractivity contribution in [3.63, 3.8) is 0 Å². The number of hydrogen-bond donors (Lipinski definition) is 3. The molecule has 2 aromatic rings. The van der Waals surface area contributed by atoms with Crippen molar-refractivity contribution in [3.8, 4) is 0 Å². The van der Waals surface area contributed by atoms with Crippen LogP contribution in [0.4, 0.5) is 17.3 Å². The molecule has 1 saturated carbocycles. The van der Waals surface area contributed by atoms with E-state index in [4.69, 9.17) is 5.73 Å². The maximum absolute atomic E-state index is 11.8. The molecule has 0 bridgehead atoms. The molecule has 0 spiro atoms. The molecular weight excluding hydrogens is 366 g/mol. The molecule has 1 aliphatic heterocycles. The number of rotatable bonds is 5. The van der Waals surface area contributed by atoms with Crippen LogP contribution in [0.2, 0.25) is 0 Å². The third kappa shape index (κ3) is 4.67. The van der Waals surface area contributed by atoms with Crippen molar-refractivity contribution in [1.29, 1.82) is 0 Å². The van der Waals surface area contributed by atoms with Gasteiger partial charge in [-0.05, 0) is 68.6 Å². The predicted octanol–water partition coefficient (Wildman–Crippen LogP) is 3.33. The third-order valence-electron chi connectivity index (χ3n) is 6.01. The van der Waals surface area contributed by atoms with Crippen LogP contribution in [0, 0.1) is 0 Å². The molecule has 2 fully saturated rings. The summed E-state index contributed by atoms with van der Waals surface area (Å²) >= 11 is 0. The molecule has 154 valence electrons. The van der Waals surface area contributed by atoms with Gasteiger partial charge in [0.2, 0.25) is 0 Å². The van der Waals surface area contributed by atoms with Crippen LogP contribution in [0.3, 0.4) is 0 Å². The van der Waals surface area contributed by atoms with Gasteiger partial charge in [-0.2, -0.15) is 0 Å². The van der Waals surface area contributed by atoms with Crippen molar-refractivity contribution < 1.29 is 9.90 Å². The zero-order chi connectivity index (χ0) is 20.2. The number of carbonyl (C=O) groups is 1. The predicted molar refractivity (Wildman–Crippen MR) is 114 cm³/mol. The number of amides is 1. The fourth-order valence-electron chi connectivity index (χ4n) is 4.31. The van der Waals surface area contributed by atoms with Crippen molar-refractivity contribution in [2.45, 2.75) is 57.0 Å². The number of primary amides is 1. The Kier molecular flexibility index (Phi) is 5.94. The van der Waals surface area contributed by atoms with E-state index in [2.05, 4.69) is 32.3 Å². The van der Waals surface area contributed by atoms with E-state index in [-0.39, 0.29) is 11.8 Å². The van der Waals surface area contributed by atoms with Crippen LogP contribution in [0.25, 0.3) is 0 Å². The molecule has 7 heteroatoms. The smallest absolute Gasteiger partial charge is 0.271 e. The van der Waals surface area contributed by atoms with Gasteiger partial charge in [0.15, 0.2) is 11.5 Å². The van der Waals surface area contributed by atoms with Gasteiger partial charge in [-0.1, -0.05) is 12.1 Å². The highest BCUT2D eigenvalue weighted by Gasteiger charge is 2.21. The van der Waals surface area contributed by atoms with Gasteiger partial charge in [0, 0.05) is 18.8 Å². The molecule has 29 heavy (non-hydrogen) atoms. The van der Waals surface area contributed by atoms with Gasteiger partial charge in [-0.3, -0.25) is 4.79 Å². The van der Waals surface area contributed by atoms with Gasteiger partial charge < -0.3 is 21.1 Å². The zero-order valence-electron chi connectivity index (χ0n) is 16.7. The summed E-state index contributed by atoms with van der Waals surface area (Å²) in [6.07, 6.45) is 8.77. The molecule has 1 aromatic carbocycles. The van der Waals surface area contributed by atoms with E-state index in [1.165, 1.54) is 12.0 Å². The number of nitrogens with two attached hydrogens (primary N) is 1. The lowest BCUT2D eigenvalue weighted by Gasteiger charge is -2.28. The van der Waals surface area contributed by atoms with Crippen LogP contribution >= 0.6 is 0 Å². The van der Waals surface area contributed by atoms with Crippen molar-refractivity contribution in [1.82, 2.24) is 9.97 Å². The molecule has 0 unspecified atom stereocenters. The highest BCUT2D eigenvalue weighted by molar-refractivity contribution is 5.96. The van der Waals surface area contributed by atoms with Crippen LogP contribution in [0.15, 0.2) is 30.5 Å². The van der Waals surface area contributed by atoms with E-state index >= 15 is 0 Å². The highest BCUT2D eigenvalue weighted by Crippen LogP contribution is 2.33. The van der Waals surface area contributed by atoms with Crippen LogP contribution in [-0.4, -0.2) is 40.2 Å². The Morgan fingerprint density at radius 1 is 1.07 bits per heavy atom. The number of anilines is 3. The van der Waals surface area contributed by atoms with E-state index in [0.29, 0.717) is 11.7 Å². The molecule has 2 aliphatic rings. The Morgan fingerprint density at radius 3 is 2.41 bits per heavy atom. The number of nitrogens with one attached hydrogen (secondary N) is 1. The van der Waals surface area contributed by atoms with Gasteiger partial charge >= 0.3 is 0 Å². The monoisotopic (exact) mass is 395 g/mol. The normalized spacial score (nSPS) is 22.3.